The lowest BCUT2D eigenvalue weighted by Crippen LogP contribution is -2.27. The molecule has 6 heteroatoms. The summed E-state index contributed by atoms with van der Waals surface area (Å²) in [5.74, 6) is -0.550. The van der Waals surface area contributed by atoms with E-state index in [0.29, 0.717) is 10.2 Å². The van der Waals surface area contributed by atoms with Gasteiger partial charge in [0.05, 0.1) is 11.8 Å². The summed E-state index contributed by atoms with van der Waals surface area (Å²) in [6, 6.07) is 0. The fourth-order valence-electron chi connectivity index (χ4n) is 1.34. The molecule has 0 aliphatic carbocycles. The van der Waals surface area contributed by atoms with Gasteiger partial charge < -0.3 is 5.73 Å². The van der Waals surface area contributed by atoms with E-state index in [1.165, 1.54) is 22.2 Å². The van der Waals surface area contributed by atoms with Gasteiger partial charge in [-0.2, -0.15) is 0 Å². The summed E-state index contributed by atoms with van der Waals surface area (Å²) in [5.41, 5.74) is 6.48. The first-order valence-electron chi connectivity index (χ1n) is 4.31. The molecule has 0 bridgehead atoms. The summed E-state index contributed by atoms with van der Waals surface area (Å²) in [6.45, 7) is 1.77. The molecule has 5 nitrogen and oxygen atoms in total. The number of amides is 1. The minimum atomic E-state index is -0.550. The van der Waals surface area contributed by atoms with Crippen molar-refractivity contribution in [1.29, 1.82) is 0 Å². The fraction of sp³-hybridized carbons (Fsp3) is 0.222. The number of nitrogens with two attached hydrogens (primary N) is 1. The van der Waals surface area contributed by atoms with E-state index in [0.717, 1.165) is 5.56 Å². The highest BCUT2D eigenvalue weighted by molar-refractivity contribution is 7.17. The van der Waals surface area contributed by atoms with Crippen molar-refractivity contribution in [2.24, 2.45) is 5.73 Å². The monoisotopic (exact) mass is 223 g/mol. The van der Waals surface area contributed by atoms with E-state index < -0.39 is 5.91 Å². The predicted octanol–water partition coefficient (Wildman–Crippen LogP) is 0.252. The van der Waals surface area contributed by atoms with E-state index in [2.05, 4.69) is 4.98 Å². The number of fused-ring (bicyclic) bond motifs is 1. The third-order valence-corrected chi connectivity index (χ3v) is 3.12. The smallest absolute Gasteiger partial charge is 0.271 e. The van der Waals surface area contributed by atoms with Gasteiger partial charge in [0.15, 0.2) is 0 Å². The first-order chi connectivity index (χ1) is 7.09. The zero-order chi connectivity index (χ0) is 11.0. The number of aromatic nitrogens is 2. The number of carbonyl (C=O) groups is 1. The summed E-state index contributed by atoms with van der Waals surface area (Å²) >= 11 is 1.33. The van der Waals surface area contributed by atoms with Crippen molar-refractivity contribution < 1.29 is 4.79 Å². The number of aryl methyl sites for hydroxylation is 1. The number of carbonyl (C=O) groups excluding carboxylic acids is 1. The van der Waals surface area contributed by atoms with Crippen LogP contribution in [0.25, 0.3) is 10.2 Å². The van der Waals surface area contributed by atoms with Gasteiger partial charge in [0.2, 0.25) is 5.91 Å². The normalized spacial score (nSPS) is 10.7. The number of thiophene rings is 1. The first-order valence-corrected chi connectivity index (χ1v) is 5.19. The van der Waals surface area contributed by atoms with Crippen LogP contribution in [0, 0.1) is 6.92 Å². The molecular formula is C9H9N3O2S. The van der Waals surface area contributed by atoms with Gasteiger partial charge in [-0.1, -0.05) is 0 Å². The molecule has 78 valence electrons. The zero-order valence-corrected chi connectivity index (χ0v) is 8.87. The highest BCUT2D eigenvalue weighted by atomic mass is 32.1. The summed E-state index contributed by atoms with van der Waals surface area (Å²) in [7, 11) is 0. The summed E-state index contributed by atoms with van der Waals surface area (Å²) in [6.07, 6.45) is 1.36. The second-order valence-electron chi connectivity index (χ2n) is 3.24. The van der Waals surface area contributed by atoms with Gasteiger partial charge in [0.25, 0.3) is 5.56 Å². The molecule has 2 aromatic rings. The van der Waals surface area contributed by atoms with E-state index in [1.54, 1.807) is 0 Å². The number of hydrogen-bond donors (Lipinski definition) is 1. The maximum atomic E-state index is 11.8. The van der Waals surface area contributed by atoms with E-state index in [4.69, 9.17) is 5.73 Å². The Morgan fingerprint density at radius 3 is 3.07 bits per heavy atom. The van der Waals surface area contributed by atoms with Crippen LogP contribution in [-0.2, 0) is 11.3 Å². The molecule has 2 rings (SSSR count). The van der Waals surface area contributed by atoms with Crippen LogP contribution in [0.2, 0.25) is 0 Å². The van der Waals surface area contributed by atoms with Gasteiger partial charge in [0, 0.05) is 0 Å². The largest absolute Gasteiger partial charge is 0.368 e. The standard InChI is InChI=1S/C9H9N3O2S/c1-5-3-15-8-7(5)11-4-12(9(8)14)2-6(10)13/h3-4H,2H2,1H3,(H2,10,13). The third kappa shape index (κ3) is 1.63. The summed E-state index contributed by atoms with van der Waals surface area (Å²) < 4.78 is 1.79. The van der Waals surface area contributed by atoms with E-state index in [1.807, 2.05) is 12.3 Å². The molecule has 0 aliphatic rings. The molecule has 1 amide bonds. The molecule has 0 aromatic carbocycles. The lowest BCUT2D eigenvalue weighted by Gasteiger charge is -2.01. The molecule has 0 radical (unpaired) electrons. The molecule has 2 N–H and O–H groups in total. The third-order valence-electron chi connectivity index (χ3n) is 2.05. The van der Waals surface area contributed by atoms with Crippen LogP contribution >= 0.6 is 11.3 Å². The predicted molar refractivity (Wildman–Crippen MR) is 57.8 cm³/mol. The Morgan fingerprint density at radius 2 is 2.40 bits per heavy atom. The van der Waals surface area contributed by atoms with E-state index in [-0.39, 0.29) is 12.1 Å². The van der Waals surface area contributed by atoms with Crippen LogP contribution in [0.5, 0.6) is 0 Å². The van der Waals surface area contributed by atoms with Crippen LogP contribution in [-0.4, -0.2) is 15.5 Å². The minimum absolute atomic E-state index is 0.126. The quantitative estimate of drug-likeness (QED) is 0.792. The summed E-state index contributed by atoms with van der Waals surface area (Å²) in [4.78, 5) is 26.6. The molecule has 0 spiro atoms. The number of rotatable bonds is 2. The molecule has 2 aromatic heterocycles. The van der Waals surface area contributed by atoms with E-state index in [9.17, 15) is 9.59 Å². The first kappa shape index (κ1) is 9.85. The van der Waals surface area contributed by atoms with Gasteiger partial charge in [-0.3, -0.25) is 14.2 Å². The van der Waals surface area contributed by atoms with Crippen molar-refractivity contribution in [3.05, 3.63) is 27.6 Å². The highest BCUT2D eigenvalue weighted by Gasteiger charge is 2.09. The molecule has 0 aliphatic heterocycles. The zero-order valence-electron chi connectivity index (χ0n) is 8.06. The van der Waals surface area contributed by atoms with Gasteiger partial charge >= 0.3 is 0 Å². The maximum absolute atomic E-state index is 11.8. The van der Waals surface area contributed by atoms with Crippen LogP contribution in [0.4, 0.5) is 0 Å². The Labute approximate surface area is 89.2 Å². The second kappa shape index (κ2) is 3.47. The fourth-order valence-corrected chi connectivity index (χ4v) is 2.29. The minimum Gasteiger partial charge on any atom is -0.368 e. The highest BCUT2D eigenvalue weighted by Crippen LogP contribution is 2.19. The number of nitrogens with zero attached hydrogens (tertiary/aromatic N) is 2. The van der Waals surface area contributed by atoms with Crippen molar-refractivity contribution in [2.45, 2.75) is 13.5 Å². The topological polar surface area (TPSA) is 78.0 Å². The Bertz CT molecular complexity index is 585. The SMILES string of the molecule is Cc1csc2c(=O)n(CC(N)=O)cnc12. The molecule has 2 heterocycles. The van der Waals surface area contributed by atoms with Crippen LogP contribution < -0.4 is 11.3 Å². The van der Waals surface area contributed by atoms with Crippen LogP contribution in [0.3, 0.4) is 0 Å². The lowest BCUT2D eigenvalue weighted by molar-refractivity contribution is -0.118. The van der Waals surface area contributed by atoms with Gasteiger partial charge in [-0.25, -0.2) is 4.98 Å². The molecule has 0 atom stereocenters. The summed E-state index contributed by atoms with van der Waals surface area (Å²) in [5, 5.41) is 1.87. The van der Waals surface area contributed by atoms with Gasteiger partial charge in [-0.05, 0) is 17.9 Å². The van der Waals surface area contributed by atoms with Crippen molar-refractivity contribution in [3.63, 3.8) is 0 Å². The lowest BCUT2D eigenvalue weighted by atomic mass is 10.3. The molecule has 0 saturated carbocycles. The molecule has 0 saturated heterocycles. The Balaban J connectivity index is 2.66. The van der Waals surface area contributed by atoms with Gasteiger partial charge in [0.1, 0.15) is 11.2 Å². The number of primary amides is 1. The Morgan fingerprint density at radius 1 is 1.67 bits per heavy atom. The molecular weight excluding hydrogens is 214 g/mol. The van der Waals surface area contributed by atoms with E-state index >= 15 is 0 Å². The Hall–Kier alpha value is -1.69. The molecule has 0 fully saturated rings. The average Bonchev–Trinajstić information content (AvgIpc) is 2.53. The molecule has 15 heavy (non-hydrogen) atoms. The number of hydrogen-bond acceptors (Lipinski definition) is 4. The maximum Gasteiger partial charge on any atom is 0.271 e. The van der Waals surface area contributed by atoms with Gasteiger partial charge in [-0.15, -0.1) is 11.3 Å². The van der Waals surface area contributed by atoms with Crippen molar-refractivity contribution >= 4 is 27.5 Å². The van der Waals surface area contributed by atoms with Crippen molar-refractivity contribution in [2.75, 3.05) is 0 Å². The van der Waals surface area contributed by atoms with Crippen LogP contribution in [0.1, 0.15) is 5.56 Å². The van der Waals surface area contributed by atoms with Crippen molar-refractivity contribution in [1.82, 2.24) is 9.55 Å². The Kier molecular flexibility index (Phi) is 2.28. The van der Waals surface area contributed by atoms with Crippen LogP contribution in [0.15, 0.2) is 16.5 Å². The second-order valence-corrected chi connectivity index (χ2v) is 4.12. The molecule has 0 unspecified atom stereocenters. The van der Waals surface area contributed by atoms with Crippen molar-refractivity contribution in [3.8, 4) is 0 Å². The average molecular weight is 223 g/mol.